The molecule has 0 unspecified atom stereocenters. The van der Waals surface area contributed by atoms with Crippen LogP contribution in [0.2, 0.25) is 0 Å². The van der Waals surface area contributed by atoms with E-state index in [1.54, 1.807) is 6.07 Å². The molecule has 1 aromatic heterocycles. The van der Waals surface area contributed by atoms with E-state index in [1.165, 1.54) is 11.3 Å². The second kappa shape index (κ2) is 3.03. The van der Waals surface area contributed by atoms with E-state index in [4.69, 9.17) is 10.8 Å². The first-order valence-electron chi connectivity index (χ1n) is 3.27. The van der Waals surface area contributed by atoms with Gasteiger partial charge in [0, 0.05) is 6.04 Å². The fourth-order valence-electron chi connectivity index (χ4n) is 0.769. The van der Waals surface area contributed by atoms with Gasteiger partial charge in [-0.15, -0.1) is 11.3 Å². The van der Waals surface area contributed by atoms with Crippen molar-refractivity contribution in [1.82, 2.24) is 0 Å². The number of hydrogen-bond donors (Lipinski definition) is 2. The summed E-state index contributed by atoms with van der Waals surface area (Å²) < 4.78 is 0. The third kappa shape index (κ3) is 1.49. The van der Waals surface area contributed by atoms with Crippen molar-refractivity contribution in [2.45, 2.75) is 19.4 Å². The molecule has 2 nitrogen and oxygen atoms in total. The molecule has 0 radical (unpaired) electrons. The van der Waals surface area contributed by atoms with E-state index in [0.29, 0.717) is 5.06 Å². The van der Waals surface area contributed by atoms with Crippen molar-refractivity contribution in [2.24, 2.45) is 5.73 Å². The molecule has 3 heteroatoms. The molecule has 1 aromatic rings. The van der Waals surface area contributed by atoms with Crippen LogP contribution in [-0.4, -0.2) is 5.11 Å². The Balaban J connectivity index is 2.74. The van der Waals surface area contributed by atoms with E-state index in [9.17, 15) is 0 Å². The number of nitrogens with two attached hydrogens (primary N) is 1. The fraction of sp³-hybridized carbons (Fsp3) is 0.429. The molecule has 0 aliphatic carbocycles. The van der Waals surface area contributed by atoms with Gasteiger partial charge in [0.2, 0.25) is 0 Å². The van der Waals surface area contributed by atoms with Crippen molar-refractivity contribution in [3.05, 3.63) is 17.0 Å². The highest BCUT2D eigenvalue weighted by Gasteiger charge is 2.04. The van der Waals surface area contributed by atoms with Gasteiger partial charge in [-0.25, -0.2) is 0 Å². The zero-order valence-corrected chi connectivity index (χ0v) is 6.69. The van der Waals surface area contributed by atoms with Gasteiger partial charge in [0.05, 0.1) is 0 Å². The maximum Gasteiger partial charge on any atom is 0.171 e. The normalized spacial score (nSPS) is 13.4. The van der Waals surface area contributed by atoms with Gasteiger partial charge < -0.3 is 10.8 Å². The minimum Gasteiger partial charge on any atom is -0.499 e. The third-order valence-corrected chi connectivity index (χ3v) is 2.22. The third-order valence-electron chi connectivity index (χ3n) is 1.47. The van der Waals surface area contributed by atoms with Gasteiger partial charge in [-0.05, 0) is 23.4 Å². The highest BCUT2D eigenvalue weighted by Crippen LogP contribution is 2.25. The molecule has 0 bridgehead atoms. The summed E-state index contributed by atoms with van der Waals surface area (Å²) in [5.74, 6) is 0. The minimum atomic E-state index is 0.0807. The molecule has 0 amide bonds. The molecule has 56 valence electrons. The Morgan fingerprint density at radius 1 is 1.80 bits per heavy atom. The smallest absolute Gasteiger partial charge is 0.171 e. The highest BCUT2D eigenvalue weighted by atomic mass is 32.1. The Kier molecular flexibility index (Phi) is 2.29. The first-order chi connectivity index (χ1) is 4.74. The lowest BCUT2D eigenvalue weighted by atomic mass is 10.1. The minimum absolute atomic E-state index is 0.0807. The molecule has 1 rings (SSSR count). The Hall–Kier alpha value is -0.540. The van der Waals surface area contributed by atoms with Crippen LogP contribution >= 0.6 is 11.3 Å². The predicted octanol–water partition coefficient (Wildman–Crippen LogP) is 1.86. The van der Waals surface area contributed by atoms with Crippen LogP contribution in [0.5, 0.6) is 5.06 Å². The Labute approximate surface area is 64.3 Å². The monoisotopic (exact) mass is 157 g/mol. The molecule has 0 aliphatic rings. The second-order valence-electron chi connectivity index (χ2n) is 2.23. The van der Waals surface area contributed by atoms with E-state index in [0.717, 1.165) is 12.0 Å². The van der Waals surface area contributed by atoms with Crippen LogP contribution in [0.15, 0.2) is 11.4 Å². The van der Waals surface area contributed by atoms with E-state index >= 15 is 0 Å². The van der Waals surface area contributed by atoms with Crippen molar-refractivity contribution in [2.75, 3.05) is 0 Å². The number of rotatable bonds is 2. The Bertz CT molecular complexity index is 209. The van der Waals surface area contributed by atoms with Crippen LogP contribution in [0.3, 0.4) is 0 Å². The van der Waals surface area contributed by atoms with Crippen molar-refractivity contribution in [3.63, 3.8) is 0 Å². The molecule has 0 fully saturated rings. The first kappa shape index (κ1) is 7.57. The van der Waals surface area contributed by atoms with Crippen LogP contribution in [0, 0.1) is 0 Å². The number of hydrogen-bond acceptors (Lipinski definition) is 3. The standard InChI is InChI=1S/C7H11NOS/c1-2-6(8)5-3-7(9)10-4-5/h3-4,6,9H,2,8H2,1H3/t6-/m1/s1. The molecular formula is C7H11NOS. The summed E-state index contributed by atoms with van der Waals surface area (Å²) in [6.07, 6.45) is 0.913. The van der Waals surface area contributed by atoms with Crippen molar-refractivity contribution >= 4 is 11.3 Å². The van der Waals surface area contributed by atoms with Crippen LogP contribution in [0.25, 0.3) is 0 Å². The van der Waals surface area contributed by atoms with E-state index in [-0.39, 0.29) is 6.04 Å². The molecule has 3 N–H and O–H groups in total. The van der Waals surface area contributed by atoms with E-state index < -0.39 is 0 Å². The summed E-state index contributed by atoms with van der Waals surface area (Å²) in [4.78, 5) is 0. The summed E-state index contributed by atoms with van der Waals surface area (Å²) >= 11 is 1.32. The van der Waals surface area contributed by atoms with Gasteiger partial charge in [0.15, 0.2) is 5.06 Å². The molecule has 0 spiro atoms. The molecule has 1 atom stereocenters. The predicted molar refractivity (Wildman–Crippen MR) is 43.2 cm³/mol. The largest absolute Gasteiger partial charge is 0.499 e. The quantitative estimate of drug-likeness (QED) is 0.688. The molecule has 0 saturated carbocycles. The average Bonchev–Trinajstić information content (AvgIpc) is 2.34. The lowest BCUT2D eigenvalue weighted by Gasteiger charge is -2.03. The maximum atomic E-state index is 8.96. The zero-order chi connectivity index (χ0) is 7.56. The molecule has 0 saturated heterocycles. The average molecular weight is 157 g/mol. The van der Waals surface area contributed by atoms with Gasteiger partial charge in [-0.1, -0.05) is 6.92 Å². The van der Waals surface area contributed by atoms with E-state index in [2.05, 4.69) is 0 Å². The van der Waals surface area contributed by atoms with Crippen molar-refractivity contribution < 1.29 is 5.11 Å². The Morgan fingerprint density at radius 2 is 2.50 bits per heavy atom. The number of aromatic hydroxyl groups is 1. The molecular weight excluding hydrogens is 146 g/mol. The summed E-state index contributed by atoms with van der Waals surface area (Å²) in [5.41, 5.74) is 6.74. The van der Waals surface area contributed by atoms with E-state index in [1.807, 2.05) is 12.3 Å². The van der Waals surface area contributed by atoms with Crippen LogP contribution < -0.4 is 5.73 Å². The summed E-state index contributed by atoms with van der Waals surface area (Å²) in [7, 11) is 0. The number of thiophene rings is 1. The zero-order valence-electron chi connectivity index (χ0n) is 5.87. The van der Waals surface area contributed by atoms with Crippen molar-refractivity contribution in [3.8, 4) is 5.06 Å². The molecule has 1 heterocycles. The van der Waals surface area contributed by atoms with Crippen LogP contribution in [-0.2, 0) is 0 Å². The Morgan fingerprint density at radius 3 is 2.90 bits per heavy atom. The van der Waals surface area contributed by atoms with Gasteiger partial charge in [-0.2, -0.15) is 0 Å². The summed E-state index contributed by atoms with van der Waals surface area (Å²) in [5, 5.41) is 11.2. The molecule has 0 aromatic carbocycles. The summed E-state index contributed by atoms with van der Waals surface area (Å²) in [6, 6.07) is 1.80. The second-order valence-corrected chi connectivity index (χ2v) is 3.12. The molecule has 10 heavy (non-hydrogen) atoms. The van der Waals surface area contributed by atoms with Gasteiger partial charge >= 0.3 is 0 Å². The summed E-state index contributed by atoms with van der Waals surface area (Å²) in [6.45, 7) is 2.03. The topological polar surface area (TPSA) is 46.2 Å². The van der Waals surface area contributed by atoms with Crippen LogP contribution in [0.1, 0.15) is 24.9 Å². The highest BCUT2D eigenvalue weighted by molar-refractivity contribution is 7.11. The van der Waals surface area contributed by atoms with Gasteiger partial charge in [0.25, 0.3) is 0 Å². The van der Waals surface area contributed by atoms with Crippen LogP contribution in [0.4, 0.5) is 0 Å². The molecule has 0 aliphatic heterocycles. The van der Waals surface area contributed by atoms with Gasteiger partial charge in [-0.3, -0.25) is 0 Å². The lowest BCUT2D eigenvalue weighted by Crippen LogP contribution is -2.06. The lowest BCUT2D eigenvalue weighted by molar-refractivity contribution is 0.490. The first-order valence-corrected chi connectivity index (χ1v) is 4.15. The SMILES string of the molecule is CC[C@@H](N)c1csc(O)c1. The maximum absolute atomic E-state index is 8.96. The fourth-order valence-corrected chi connectivity index (χ4v) is 1.47. The van der Waals surface area contributed by atoms with Crippen molar-refractivity contribution in [1.29, 1.82) is 0 Å². The van der Waals surface area contributed by atoms with Gasteiger partial charge in [0.1, 0.15) is 0 Å².